The molecule has 0 aromatic heterocycles. The Hall–Kier alpha value is 0.820. The molecule has 2 saturated heterocycles. The molecular weight excluding hydrogens is 580 g/mol. The molecule has 0 aromatic carbocycles. The minimum absolute atomic E-state index is 0.109. The summed E-state index contributed by atoms with van der Waals surface area (Å²) in [7, 11) is 0. The van der Waals surface area contributed by atoms with Crippen LogP contribution in [0.4, 0.5) is 0 Å². The molecule has 5 nitrogen and oxygen atoms in total. The van der Waals surface area contributed by atoms with Gasteiger partial charge in [0.05, 0.1) is 56.6 Å². The van der Waals surface area contributed by atoms with Crippen LogP contribution in [0.5, 0.6) is 0 Å². The van der Waals surface area contributed by atoms with Gasteiger partial charge in [0.15, 0.2) is 0 Å². The summed E-state index contributed by atoms with van der Waals surface area (Å²) in [5.41, 5.74) is 0.408. The zero-order valence-electron chi connectivity index (χ0n) is 15.3. The van der Waals surface area contributed by atoms with Crippen LogP contribution in [0.1, 0.15) is 0 Å². The largest absolute Gasteiger partial charge is 0.376 e. The Labute approximate surface area is 218 Å². The van der Waals surface area contributed by atoms with Crippen LogP contribution in [-0.2, 0) is 14.2 Å². The molecule has 0 bridgehead atoms. The first kappa shape index (κ1) is 26.4. The van der Waals surface area contributed by atoms with E-state index in [9.17, 15) is 10.2 Å². The third-order valence-electron chi connectivity index (χ3n) is 4.32. The molecule has 2 aliphatic carbocycles. The van der Waals surface area contributed by atoms with Crippen LogP contribution in [0.3, 0.4) is 0 Å². The average molecular weight is 594 g/mol. The Morgan fingerprint density at radius 1 is 0.774 bits per heavy atom. The molecule has 13 heteroatoms. The molecule has 2 N–H and O–H groups in total. The molecule has 172 valence electrons. The smallest absolute Gasteiger partial charge is 0.213 e. The summed E-state index contributed by atoms with van der Waals surface area (Å²) in [5.74, 6) is 0. The topological polar surface area (TPSA) is 74.8 Å². The first-order valence-electron chi connectivity index (χ1n) is 8.62. The van der Waals surface area contributed by atoms with E-state index in [-0.39, 0.29) is 41.3 Å². The zero-order valence-corrected chi connectivity index (χ0v) is 21.3. The zero-order chi connectivity index (χ0) is 23.1. The molecule has 0 aromatic rings. The first-order valence-corrected chi connectivity index (χ1v) is 11.6. The Kier molecular flexibility index (Phi) is 8.70. The highest BCUT2D eigenvalue weighted by Gasteiger charge is 2.42. The summed E-state index contributed by atoms with van der Waals surface area (Å²) in [4.78, 5) is 0. The van der Waals surface area contributed by atoms with E-state index in [4.69, 9.17) is 107 Å². The van der Waals surface area contributed by atoms with Crippen molar-refractivity contribution < 1.29 is 24.4 Å². The minimum atomic E-state index is -2.14. The van der Waals surface area contributed by atoms with Gasteiger partial charge in [0.2, 0.25) is 10.1 Å². The lowest BCUT2D eigenvalue weighted by molar-refractivity contribution is 0.102. The van der Waals surface area contributed by atoms with Crippen molar-refractivity contribution in [1.82, 2.24) is 0 Å². The van der Waals surface area contributed by atoms with Crippen LogP contribution in [-0.4, -0.2) is 59.0 Å². The van der Waals surface area contributed by atoms with Crippen molar-refractivity contribution in [2.45, 2.75) is 22.3 Å². The van der Waals surface area contributed by atoms with Crippen LogP contribution in [0.2, 0.25) is 0 Å². The molecule has 2 heterocycles. The number of rotatable bonds is 4. The quantitative estimate of drug-likeness (QED) is 0.328. The molecular formula is C18H14Cl8O5. The lowest BCUT2D eigenvalue weighted by Crippen LogP contribution is -2.27. The second kappa shape index (κ2) is 10.2. The summed E-state index contributed by atoms with van der Waals surface area (Å²) in [6, 6.07) is 0. The van der Waals surface area contributed by atoms with E-state index >= 15 is 0 Å². The van der Waals surface area contributed by atoms with Gasteiger partial charge in [-0.1, -0.05) is 92.8 Å². The van der Waals surface area contributed by atoms with Crippen LogP contribution in [0.15, 0.2) is 53.5 Å². The van der Waals surface area contributed by atoms with Crippen molar-refractivity contribution in [3.8, 4) is 0 Å². The van der Waals surface area contributed by atoms with E-state index in [1.165, 1.54) is 12.2 Å². The Bertz CT molecular complexity index is 838. The molecule has 2 aliphatic heterocycles. The van der Waals surface area contributed by atoms with Crippen LogP contribution in [0.25, 0.3) is 0 Å². The van der Waals surface area contributed by atoms with Gasteiger partial charge in [-0.2, -0.15) is 0 Å². The number of hydrogen-bond donors (Lipinski definition) is 2. The fraction of sp³-hybridized carbons (Fsp3) is 0.444. The van der Waals surface area contributed by atoms with E-state index in [0.29, 0.717) is 12.2 Å². The molecule has 4 aliphatic rings. The number of alkyl halides is 2. The van der Waals surface area contributed by atoms with E-state index in [2.05, 4.69) is 0 Å². The molecule has 0 saturated carbocycles. The summed E-state index contributed by atoms with van der Waals surface area (Å²) in [6.07, 6.45) is 3.29. The first-order chi connectivity index (χ1) is 14.4. The van der Waals surface area contributed by atoms with E-state index in [1.54, 1.807) is 0 Å². The standard InChI is InChI=1S/C12H4Cl8O2.C6H10O3/c13-5-1-3(7(15)9(17)11(5,19)21)4-2-6(14)12(20,22)10(18)8(4)16;1(5-3-8-5)7-2-6-4-9-6/h1-2,21-22H;5-6H,1-4H2/b4-3+;. The second-order valence-electron chi connectivity index (χ2n) is 6.76. The van der Waals surface area contributed by atoms with E-state index < -0.39 is 10.1 Å². The maximum absolute atomic E-state index is 9.95. The lowest BCUT2D eigenvalue weighted by atomic mass is 9.96. The van der Waals surface area contributed by atoms with Gasteiger partial charge in [-0.15, -0.1) is 0 Å². The summed E-state index contributed by atoms with van der Waals surface area (Å²) in [6.45, 7) is 3.26. The van der Waals surface area contributed by atoms with Gasteiger partial charge in [0, 0.05) is 11.1 Å². The van der Waals surface area contributed by atoms with Crippen molar-refractivity contribution in [1.29, 1.82) is 0 Å². The van der Waals surface area contributed by atoms with Gasteiger partial charge in [-0.25, -0.2) is 0 Å². The second-order valence-corrected chi connectivity index (χ2v) is 10.2. The molecule has 0 spiro atoms. The lowest BCUT2D eigenvalue weighted by Gasteiger charge is -2.29. The van der Waals surface area contributed by atoms with Crippen LogP contribution < -0.4 is 0 Å². The van der Waals surface area contributed by atoms with Gasteiger partial charge in [-0.05, 0) is 12.2 Å². The molecule has 0 radical (unpaired) electrons. The highest BCUT2D eigenvalue weighted by molar-refractivity contribution is 6.52. The highest BCUT2D eigenvalue weighted by atomic mass is 35.5. The predicted octanol–water partition coefficient (Wildman–Crippen LogP) is 5.59. The van der Waals surface area contributed by atoms with E-state index in [1.807, 2.05) is 0 Å². The normalized spacial score (nSPS) is 37.2. The van der Waals surface area contributed by atoms with Crippen molar-refractivity contribution in [3.63, 3.8) is 0 Å². The molecule has 31 heavy (non-hydrogen) atoms. The number of hydrogen-bond acceptors (Lipinski definition) is 5. The highest BCUT2D eigenvalue weighted by Crippen LogP contribution is 2.50. The summed E-state index contributed by atoms with van der Waals surface area (Å²) >= 11 is 47.5. The molecule has 0 amide bonds. The minimum Gasteiger partial charge on any atom is -0.376 e. The fourth-order valence-corrected chi connectivity index (χ4v) is 4.25. The van der Waals surface area contributed by atoms with Gasteiger partial charge in [0.1, 0.15) is 12.2 Å². The number of halogens is 8. The summed E-state index contributed by atoms with van der Waals surface area (Å²) < 4.78 is 15.1. The number of epoxide rings is 2. The Morgan fingerprint density at radius 3 is 1.39 bits per heavy atom. The monoisotopic (exact) mass is 590 g/mol. The average Bonchev–Trinajstić information content (AvgIpc) is 3.62. The SMILES string of the molecule is C(OCC1CO1)C1CO1.OC1(Cl)C(Cl)=C/C(=C2/C=C(Cl)C(O)(Cl)C(Cl)=C2Cl)C(Cl)=C1Cl. The third kappa shape index (κ3) is 6.09. The van der Waals surface area contributed by atoms with Crippen molar-refractivity contribution in [2.24, 2.45) is 0 Å². The Morgan fingerprint density at radius 2 is 1.10 bits per heavy atom. The van der Waals surface area contributed by atoms with Gasteiger partial charge in [0.25, 0.3) is 0 Å². The van der Waals surface area contributed by atoms with Crippen LogP contribution >= 0.6 is 92.8 Å². The van der Waals surface area contributed by atoms with E-state index in [0.717, 1.165) is 26.4 Å². The van der Waals surface area contributed by atoms with Gasteiger partial charge < -0.3 is 24.4 Å². The van der Waals surface area contributed by atoms with Crippen molar-refractivity contribution >= 4 is 92.8 Å². The fourth-order valence-electron chi connectivity index (χ4n) is 2.36. The van der Waals surface area contributed by atoms with Crippen LogP contribution in [0, 0.1) is 0 Å². The molecule has 4 atom stereocenters. The molecule has 4 unspecified atom stereocenters. The summed E-state index contributed by atoms with van der Waals surface area (Å²) in [5, 5.41) is 14.3. The van der Waals surface area contributed by atoms with Crippen molar-refractivity contribution in [2.75, 3.05) is 26.4 Å². The number of aliphatic hydroxyl groups is 2. The van der Waals surface area contributed by atoms with Gasteiger partial charge >= 0.3 is 0 Å². The predicted molar refractivity (Wildman–Crippen MR) is 124 cm³/mol. The maximum Gasteiger partial charge on any atom is 0.213 e. The van der Waals surface area contributed by atoms with Crippen molar-refractivity contribution in [3.05, 3.63) is 53.5 Å². The molecule has 4 rings (SSSR count). The number of ether oxygens (including phenoxy) is 3. The Balaban J connectivity index is 0.000000248. The van der Waals surface area contributed by atoms with Gasteiger partial charge in [-0.3, -0.25) is 0 Å². The molecule has 2 fully saturated rings. The maximum atomic E-state index is 9.95. The number of allylic oxidation sites excluding steroid dienone is 6. The third-order valence-corrected chi connectivity index (χ3v) is 8.16.